The van der Waals surface area contributed by atoms with Gasteiger partial charge in [-0.2, -0.15) is 0 Å². The predicted molar refractivity (Wildman–Crippen MR) is 80.4 cm³/mol. The van der Waals surface area contributed by atoms with Gasteiger partial charge >= 0.3 is 11.9 Å². The fraction of sp³-hybridized carbons (Fsp3) is 0.294. The number of cyclic esters (lactones) is 1. The molecule has 2 N–H and O–H groups in total. The number of carboxylic acids is 1. The average Bonchev–Trinajstić information content (AvgIpc) is 2.93. The summed E-state index contributed by atoms with van der Waals surface area (Å²) >= 11 is 0. The van der Waals surface area contributed by atoms with E-state index >= 15 is 0 Å². The predicted octanol–water partition coefficient (Wildman–Crippen LogP) is 2.66. The largest absolute Gasteiger partial charge is 0.478 e. The van der Waals surface area contributed by atoms with Crippen LogP contribution in [0.5, 0.6) is 0 Å². The molecule has 0 saturated carbocycles. The molecule has 3 rings (SSSR count). The van der Waals surface area contributed by atoms with E-state index in [1.807, 2.05) is 0 Å². The van der Waals surface area contributed by atoms with Crippen LogP contribution in [0.2, 0.25) is 0 Å². The first kappa shape index (κ1) is 17.1. The molecule has 25 heavy (non-hydrogen) atoms. The molecule has 0 saturated heterocycles. The fourth-order valence-corrected chi connectivity index (χ4v) is 3.27. The quantitative estimate of drug-likeness (QED) is 0.814. The number of hydrogen-bond donors (Lipinski definition) is 2. The van der Waals surface area contributed by atoms with Crippen LogP contribution in [0, 0.1) is 5.82 Å². The summed E-state index contributed by atoms with van der Waals surface area (Å²) in [7, 11) is 0. The molecular formula is C17H14F3NO4. The molecule has 2 aliphatic rings. The maximum Gasteiger partial charge on any atom is 0.337 e. The third-order valence-electron chi connectivity index (χ3n) is 4.26. The Labute approximate surface area is 140 Å². The highest BCUT2D eigenvalue weighted by atomic mass is 19.1. The first-order valence-electron chi connectivity index (χ1n) is 7.48. The standard InChI is InChI=1S/C17H14F3NO4/c1-7(19)12-8(3-2-4-9(12)20)13-14(16(22)23)10(5-18)21-11-6-25-17(24)15(11)13/h2-4,7,13,21H,5-6H2,1H3,(H,22,23)/t7-,13-/m1/s1. The Balaban J connectivity index is 2.31. The van der Waals surface area contributed by atoms with Gasteiger partial charge in [-0.1, -0.05) is 12.1 Å². The molecule has 1 aromatic carbocycles. The number of nitrogens with one attached hydrogen (secondary N) is 1. The van der Waals surface area contributed by atoms with Gasteiger partial charge in [0.15, 0.2) is 0 Å². The Bertz CT molecular complexity index is 829. The molecule has 0 aliphatic carbocycles. The highest BCUT2D eigenvalue weighted by Crippen LogP contribution is 2.44. The molecule has 0 spiro atoms. The summed E-state index contributed by atoms with van der Waals surface area (Å²) in [5.74, 6) is -4.48. The van der Waals surface area contributed by atoms with Crippen molar-refractivity contribution in [2.75, 3.05) is 13.3 Å². The molecule has 0 amide bonds. The van der Waals surface area contributed by atoms with E-state index in [9.17, 15) is 27.9 Å². The number of rotatable bonds is 4. The topological polar surface area (TPSA) is 75.6 Å². The number of carbonyl (C=O) groups is 2. The van der Waals surface area contributed by atoms with Gasteiger partial charge in [0.1, 0.15) is 25.3 Å². The van der Waals surface area contributed by atoms with Crippen LogP contribution in [0.25, 0.3) is 0 Å². The van der Waals surface area contributed by atoms with E-state index in [0.29, 0.717) is 0 Å². The minimum Gasteiger partial charge on any atom is -0.478 e. The Morgan fingerprint density at radius 1 is 1.48 bits per heavy atom. The van der Waals surface area contributed by atoms with Crippen molar-refractivity contribution in [3.63, 3.8) is 0 Å². The number of esters is 1. The van der Waals surface area contributed by atoms with Crippen molar-refractivity contribution in [3.8, 4) is 0 Å². The second-order valence-electron chi connectivity index (χ2n) is 5.72. The van der Waals surface area contributed by atoms with Gasteiger partial charge in [-0.25, -0.2) is 22.8 Å². The van der Waals surface area contributed by atoms with E-state index in [2.05, 4.69) is 5.32 Å². The van der Waals surface area contributed by atoms with Crippen LogP contribution in [-0.2, 0) is 14.3 Å². The Morgan fingerprint density at radius 3 is 2.80 bits per heavy atom. The maximum atomic E-state index is 14.2. The van der Waals surface area contributed by atoms with Crippen molar-refractivity contribution in [1.29, 1.82) is 0 Å². The molecule has 132 valence electrons. The number of allylic oxidation sites excluding steroid dienone is 1. The molecule has 0 unspecified atom stereocenters. The summed E-state index contributed by atoms with van der Waals surface area (Å²) in [6.45, 7) is -0.221. The minimum atomic E-state index is -1.75. The molecule has 5 nitrogen and oxygen atoms in total. The van der Waals surface area contributed by atoms with Crippen molar-refractivity contribution in [3.05, 3.63) is 57.7 Å². The number of alkyl halides is 2. The van der Waals surface area contributed by atoms with Gasteiger partial charge in [-0.3, -0.25) is 0 Å². The molecule has 0 fully saturated rings. The van der Waals surface area contributed by atoms with Gasteiger partial charge in [0.2, 0.25) is 0 Å². The molecule has 8 heteroatoms. The zero-order valence-electron chi connectivity index (χ0n) is 13.1. The van der Waals surface area contributed by atoms with Crippen molar-refractivity contribution in [2.24, 2.45) is 0 Å². The van der Waals surface area contributed by atoms with Crippen LogP contribution < -0.4 is 5.32 Å². The maximum absolute atomic E-state index is 14.2. The van der Waals surface area contributed by atoms with E-state index in [0.717, 1.165) is 13.0 Å². The molecule has 1 aromatic rings. The number of carboxylic acid groups (broad SMARTS) is 1. The van der Waals surface area contributed by atoms with Gasteiger partial charge in [-0.15, -0.1) is 0 Å². The van der Waals surface area contributed by atoms with Gasteiger partial charge in [0.05, 0.1) is 28.5 Å². The number of ether oxygens (including phenoxy) is 1. The minimum absolute atomic E-state index is 0.0359. The van der Waals surface area contributed by atoms with Crippen LogP contribution in [0.3, 0.4) is 0 Å². The van der Waals surface area contributed by atoms with Gasteiger partial charge < -0.3 is 15.2 Å². The summed E-state index contributed by atoms with van der Waals surface area (Å²) in [5, 5.41) is 12.1. The summed E-state index contributed by atoms with van der Waals surface area (Å²) in [6.07, 6.45) is -1.75. The molecule has 0 radical (unpaired) electrons. The monoisotopic (exact) mass is 353 g/mol. The lowest BCUT2D eigenvalue weighted by Crippen LogP contribution is -2.31. The second-order valence-corrected chi connectivity index (χ2v) is 5.72. The molecule has 2 atom stereocenters. The zero-order valence-corrected chi connectivity index (χ0v) is 13.1. The van der Waals surface area contributed by atoms with Crippen LogP contribution in [0.15, 0.2) is 40.7 Å². The van der Waals surface area contributed by atoms with E-state index in [1.54, 1.807) is 0 Å². The summed E-state index contributed by atoms with van der Waals surface area (Å²) < 4.78 is 46.5. The Kier molecular flexibility index (Phi) is 4.28. The van der Waals surface area contributed by atoms with Crippen LogP contribution in [-0.4, -0.2) is 30.3 Å². The first-order valence-corrected chi connectivity index (χ1v) is 7.48. The first-order chi connectivity index (χ1) is 11.9. The number of dihydropyridines is 1. The Morgan fingerprint density at radius 2 is 2.20 bits per heavy atom. The highest BCUT2D eigenvalue weighted by Gasteiger charge is 2.43. The van der Waals surface area contributed by atoms with E-state index in [4.69, 9.17) is 4.74 Å². The molecular weight excluding hydrogens is 339 g/mol. The van der Waals surface area contributed by atoms with Crippen molar-refractivity contribution < 1.29 is 32.6 Å². The summed E-state index contributed by atoms with van der Waals surface area (Å²) in [6, 6.07) is 3.66. The number of benzene rings is 1. The SMILES string of the molecule is C[C@@H](F)c1c(F)cccc1[C@@H]1C(C(=O)O)=C(CF)NC2=C1C(=O)OC2. The second kappa shape index (κ2) is 6.27. The van der Waals surface area contributed by atoms with Crippen molar-refractivity contribution in [2.45, 2.75) is 19.0 Å². The molecule has 0 aromatic heterocycles. The fourth-order valence-electron chi connectivity index (χ4n) is 3.27. The van der Waals surface area contributed by atoms with Gasteiger partial charge in [-0.05, 0) is 18.6 Å². The summed E-state index contributed by atoms with van der Waals surface area (Å²) in [4.78, 5) is 23.8. The lowest BCUT2D eigenvalue weighted by molar-refractivity contribution is -0.136. The van der Waals surface area contributed by atoms with Crippen molar-refractivity contribution >= 4 is 11.9 Å². The van der Waals surface area contributed by atoms with Crippen LogP contribution >= 0.6 is 0 Å². The smallest absolute Gasteiger partial charge is 0.337 e. The van der Waals surface area contributed by atoms with Crippen LogP contribution in [0.4, 0.5) is 13.2 Å². The normalized spacial score (nSPS) is 21.0. The van der Waals surface area contributed by atoms with Crippen LogP contribution in [0.1, 0.15) is 30.1 Å². The molecule has 2 heterocycles. The van der Waals surface area contributed by atoms with Gasteiger partial charge in [0, 0.05) is 5.56 Å². The zero-order chi connectivity index (χ0) is 18.3. The lowest BCUT2D eigenvalue weighted by atomic mass is 9.78. The molecule has 0 bridgehead atoms. The highest BCUT2D eigenvalue weighted by molar-refractivity contribution is 6.00. The summed E-state index contributed by atoms with van der Waals surface area (Å²) in [5.41, 5.74) is -0.996. The average molecular weight is 353 g/mol. The van der Waals surface area contributed by atoms with E-state index in [1.165, 1.54) is 12.1 Å². The van der Waals surface area contributed by atoms with Gasteiger partial charge in [0.25, 0.3) is 0 Å². The number of carbonyl (C=O) groups excluding carboxylic acids is 1. The third-order valence-corrected chi connectivity index (χ3v) is 4.26. The Hall–Kier alpha value is -2.77. The van der Waals surface area contributed by atoms with E-state index < -0.39 is 42.1 Å². The lowest BCUT2D eigenvalue weighted by Gasteiger charge is -2.28. The number of halogens is 3. The number of hydrogen-bond acceptors (Lipinski definition) is 4. The van der Waals surface area contributed by atoms with E-state index in [-0.39, 0.29) is 34.7 Å². The molecule has 2 aliphatic heterocycles. The number of aliphatic carboxylic acids is 1. The van der Waals surface area contributed by atoms with Crippen molar-refractivity contribution in [1.82, 2.24) is 5.32 Å². The third kappa shape index (κ3) is 2.67.